The number of aryl methyl sites for hydroxylation is 2. The van der Waals surface area contributed by atoms with Crippen LogP contribution in [0.3, 0.4) is 0 Å². The second-order valence-electron chi connectivity index (χ2n) is 11.9. The third-order valence-corrected chi connectivity index (χ3v) is 9.03. The van der Waals surface area contributed by atoms with Crippen LogP contribution in [0.5, 0.6) is 0 Å². The first-order valence-electron chi connectivity index (χ1n) is 16.5. The quantitative estimate of drug-likeness (QED) is 0.131. The lowest BCUT2D eigenvalue weighted by Crippen LogP contribution is -2.22. The van der Waals surface area contributed by atoms with E-state index in [-0.39, 0.29) is 11.1 Å². The van der Waals surface area contributed by atoms with E-state index < -0.39 is 0 Å². The Kier molecular flexibility index (Phi) is 11.0. The number of nitrogens with zero attached hydrogens (tertiary/aromatic N) is 6. The van der Waals surface area contributed by atoms with Crippen molar-refractivity contribution in [1.82, 2.24) is 28.7 Å². The van der Waals surface area contributed by atoms with E-state index in [4.69, 9.17) is 11.4 Å². The number of terminal acetylenes is 1. The van der Waals surface area contributed by atoms with E-state index in [1.807, 2.05) is 36.4 Å². The molecule has 0 bridgehead atoms. The van der Waals surface area contributed by atoms with E-state index in [1.54, 1.807) is 58.1 Å². The van der Waals surface area contributed by atoms with Gasteiger partial charge in [-0.05, 0) is 99.9 Å². The third-order valence-electron chi connectivity index (χ3n) is 8.54. The van der Waals surface area contributed by atoms with E-state index in [2.05, 4.69) is 48.6 Å². The molecule has 0 spiro atoms. The smallest absolute Gasteiger partial charge is 0.261 e. The first-order chi connectivity index (χ1) is 24.0. The van der Waals surface area contributed by atoms with Gasteiger partial charge in [-0.15, -0.1) is 6.42 Å². The summed E-state index contributed by atoms with van der Waals surface area (Å²) < 4.78 is 4.24. The van der Waals surface area contributed by atoms with Crippen LogP contribution in [-0.2, 0) is 25.7 Å². The Hall–Kier alpha value is -5.38. The highest BCUT2D eigenvalue weighted by Gasteiger charge is 2.16. The predicted molar refractivity (Wildman–Crippen MR) is 196 cm³/mol. The number of hydrogen-bond acceptors (Lipinski definition) is 6. The molecule has 6 aromatic rings. The Balaban J connectivity index is 0.000000144. The molecule has 0 saturated carbocycles. The van der Waals surface area contributed by atoms with E-state index >= 15 is 0 Å². The molecular weight excluding hydrogens is 676 g/mol. The summed E-state index contributed by atoms with van der Waals surface area (Å²) in [7, 11) is 0. The first kappa shape index (κ1) is 33.5. The molecule has 8 rings (SSSR count). The maximum atomic E-state index is 12.7. The molecule has 0 radical (unpaired) electrons. The molecule has 0 saturated heterocycles. The maximum absolute atomic E-state index is 12.7. The van der Waals surface area contributed by atoms with Crippen molar-refractivity contribution in [2.75, 3.05) is 0 Å². The lowest BCUT2D eigenvalue weighted by molar-refractivity contribution is 0.708. The van der Waals surface area contributed by atoms with E-state index in [0.717, 1.165) is 101 Å². The summed E-state index contributed by atoms with van der Waals surface area (Å²) >= 11 is 3.41. The van der Waals surface area contributed by atoms with Gasteiger partial charge >= 0.3 is 0 Å². The number of aromatic nitrogens is 6. The summed E-state index contributed by atoms with van der Waals surface area (Å²) in [4.78, 5) is 42.2. The van der Waals surface area contributed by atoms with Crippen molar-refractivity contribution < 1.29 is 0 Å². The summed E-state index contributed by atoms with van der Waals surface area (Å²) in [5.74, 6) is 8.73. The predicted octanol–water partition coefficient (Wildman–Crippen LogP) is 6.55. The maximum Gasteiger partial charge on any atom is 0.261 e. The van der Waals surface area contributed by atoms with E-state index in [0.29, 0.717) is 5.65 Å². The van der Waals surface area contributed by atoms with Gasteiger partial charge in [-0.3, -0.25) is 28.4 Å². The summed E-state index contributed by atoms with van der Waals surface area (Å²) in [6, 6.07) is 14.9. The van der Waals surface area contributed by atoms with Crippen LogP contribution in [0, 0.1) is 24.2 Å². The molecule has 244 valence electrons. The highest BCUT2D eigenvalue weighted by atomic mass is 79.9. The van der Waals surface area contributed by atoms with Crippen LogP contribution >= 0.6 is 15.9 Å². The molecule has 0 unspecified atom stereocenters. The topological polar surface area (TPSA) is 94.5 Å². The van der Waals surface area contributed by atoms with E-state index in [1.165, 1.54) is 12.8 Å². The highest BCUT2D eigenvalue weighted by molar-refractivity contribution is 9.10. The van der Waals surface area contributed by atoms with E-state index in [9.17, 15) is 9.59 Å². The number of hydrogen-bond donors (Lipinski definition) is 0. The van der Waals surface area contributed by atoms with Crippen molar-refractivity contribution >= 4 is 27.2 Å². The monoisotopic (exact) mass is 710 g/mol. The molecule has 0 aromatic carbocycles. The molecule has 6 heterocycles. The van der Waals surface area contributed by atoms with Crippen molar-refractivity contribution in [3.63, 3.8) is 0 Å². The molecule has 9 heteroatoms. The minimum absolute atomic E-state index is 0.0746. The molecule has 2 aliphatic carbocycles. The number of rotatable bonds is 0. The Morgan fingerprint density at radius 3 is 1.63 bits per heavy atom. The van der Waals surface area contributed by atoms with Gasteiger partial charge in [0.2, 0.25) is 0 Å². The average molecular weight is 712 g/mol. The highest BCUT2D eigenvalue weighted by Crippen LogP contribution is 2.19. The Morgan fingerprint density at radius 1 is 0.592 bits per heavy atom. The van der Waals surface area contributed by atoms with Crippen LogP contribution in [0.25, 0.3) is 11.3 Å². The molecule has 0 aliphatic heterocycles. The van der Waals surface area contributed by atoms with Gasteiger partial charge in [0.1, 0.15) is 11.3 Å². The van der Waals surface area contributed by atoms with Gasteiger partial charge in [0.05, 0.1) is 11.4 Å². The number of halogens is 1. The molecule has 6 aromatic heterocycles. The van der Waals surface area contributed by atoms with Crippen LogP contribution in [-0.4, -0.2) is 28.7 Å². The zero-order valence-corrected chi connectivity index (χ0v) is 28.7. The molecule has 8 nitrogen and oxygen atoms in total. The average Bonchev–Trinajstić information content (AvgIpc) is 3.53. The summed E-state index contributed by atoms with van der Waals surface area (Å²) in [6.07, 6.45) is 25.8. The zero-order valence-electron chi connectivity index (χ0n) is 27.1. The first-order valence-corrected chi connectivity index (χ1v) is 17.3. The van der Waals surface area contributed by atoms with Crippen molar-refractivity contribution in [2.45, 2.75) is 64.2 Å². The van der Waals surface area contributed by atoms with Crippen LogP contribution in [0.2, 0.25) is 0 Å². The van der Waals surface area contributed by atoms with Gasteiger partial charge in [0.15, 0.2) is 0 Å². The molecule has 0 atom stereocenters. The van der Waals surface area contributed by atoms with Crippen LogP contribution in [0.4, 0.5) is 0 Å². The Morgan fingerprint density at radius 2 is 1.08 bits per heavy atom. The second-order valence-corrected chi connectivity index (χ2v) is 12.8. The molecule has 2 aliphatic rings. The standard InChI is InChI=1S/C20H17N3O.C13H13BrN2O.C7H5N/c24-20-17-4-2-1-3-5-18(17)22-19-14-16(10-13-23(19)20)7-6-15-8-11-21-12-9-15;14-9-6-7-16-12(8-9)15-11-5-3-1-2-4-10(11)13(16)17;1-2-7-3-5-8-6-4-7/h8-14H,1-5H2;6-8H,1-5H2;1,3-6H. The molecule has 0 N–H and O–H groups in total. The van der Waals surface area contributed by atoms with Gasteiger partial charge in [0, 0.05) is 69.5 Å². The largest absolute Gasteiger partial charge is 0.269 e. The fraction of sp³-hybridized carbons (Fsp3) is 0.250. The fourth-order valence-corrected chi connectivity index (χ4v) is 6.30. The van der Waals surface area contributed by atoms with Crippen LogP contribution in [0.1, 0.15) is 77.7 Å². The van der Waals surface area contributed by atoms with Gasteiger partial charge in [-0.2, -0.15) is 0 Å². The SMILES string of the molecule is C#Cc1ccncc1.O=c1c2c(nc3cc(Br)ccn13)CCCCC2.O=c1c2c(nc3cc(C#Cc4ccncc4)ccn13)CCCCC2. The molecular formula is C40H35BrN6O2. The van der Waals surface area contributed by atoms with Gasteiger partial charge in [-0.1, -0.05) is 46.5 Å². The molecule has 0 amide bonds. The molecule has 49 heavy (non-hydrogen) atoms. The molecule has 0 fully saturated rings. The summed E-state index contributed by atoms with van der Waals surface area (Å²) in [5, 5.41) is 0. The number of pyridine rings is 4. The number of fused-ring (bicyclic) bond motifs is 4. The Labute approximate surface area is 293 Å². The van der Waals surface area contributed by atoms with Crippen LogP contribution < -0.4 is 11.1 Å². The summed E-state index contributed by atoms with van der Waals surface area (Å²) in [6.45, 7) is 0. The summed E-state index contributed by atoms with van der Waals surface area (Å²) in [5.41, 5.74) is 8.03. The van der Waals surface area contributed by atoms with Crippen molar-refractivity contribution in [3.8, 4) is 24.2 Å². The van der Waals surface area contributed by atoms with Crippen molar-refractivity contribution in [3.05, 3.63) is 150 Å². The minimum Gasteiger partial charge on any atom is -0.269 e. The minimum atomic E-state index is 0.0746. The van der Waals surface area contributed by atoms with Crippen molar-refractivity contribution in [1.29, 1.82) is 0 Å². The van der Waals surface area contributed by atoms with Gasteiger partial charge < -0.3 is 0 Å². The zero-order chi connectivity index (χ0) is 34.0. The fourth-order valence-electron chi connectivity index (χ4n) is 5.98. The van der Waals surface area contributed by atoms with Crippen molar-refractivity contribution in [2.24, 2.45) is 0 Å². The lowest BCUT2D eigenvalue weighted by atomic mass is 10.1. The second kappa shape index (κ2) is 16.1. The third kappa shape index (κ3) is 8.38. The van der Waals surface area contributed by atoms with Crippen LogP contribution in [0.15, 0.2) is 99.8 Å². The Bertz CT molecular complexity index is 2320. The van der Waals surface area contributed by atoms with Gasteiger partial charge in [-0.25, -0.2) is 9.97 Å². The lowest BCUT2D eigenvalue weighted by Gasteiger charge is -2.08. The van der Waals surface area contributed by atoms with Gasteiger partial charge in [0.25, 0.3) is 11.1 Å². The normalized spacial score (nSPS) is 13.4.